The van der Waals surface area contributed by atoms with E-state index in [0.29, 0.717) is 18.8 Å². The lowest BCUT2D eigenvalue weighted by Crippen LogP contribution is -2.36. The first-order valence-electron chi connectivity index (χ1n) is 8.28. The van der Waals surface area contributed by atoms with E-state index in [2.05, 4.69) is 5.32 Å². The second-order valence-corrected chi connectivity index (χ2v) is 6.34. The van der Waals surface area contributed by atoms with Crippen LogP contribution in [0.25, 0.3) is 0 Å². The average Bonchev–Trinajstić information content (AvgIpc) is 2.99. The van der Waals surface area contributed by atoms with Crippen LogP contribution in [-0.4, -0.2) is 29.8 Å². The van der Waals surface area contributed by atoms with Crippen LogP contribution in [-0.2, 0) is 4.79 Å². The number of carbonyl (C=O) groups is 2. The predicted molar refractivity (Wildman–Crippen MR) is 90.6 cm³/mol. The highest BCUT2D eigenvalue weighted by Gasteiger charge is 2.33. The molecular formula is C19H22N2O3. The van der Waals surface area contributed by atoms with Gasteiger partial charge in [0.25, 0.3) is 5.91 Å². The minimum atomic E-state index is -0.286. The number of rotatable bonds is 3. The summed E-state index contributed by atoms with van der Waals surface area (Å²) in [5, 5.41) is 2.85. The molecule has 2 aromatic rings. The Labute approximate surface area is 141 Å². The fraction of sp³-hybridized carbons (Fsp3) is 0.368. The van der Waals surface area contributed by atoms with Gasteiger partial charge in [0, 0.05) is 18.7 Å². The van der Waals surface area contributed by atoms with Crippen molar-refractivity contribution in [2.45, 2.75) is 32.2 Å². The van der Waals surface area contributed by atoms with Crippen molar-refractivity contribution in [1.82, 2.24) is 10.2 Å². The molecular weight excluding hydrogens is 304 g/mol. The van der Waals surface area contributed by atoms with E-state index in [9.17, 15) is 9.59 Å². The largest absolute Gasteiger partial charge is 0.459 e. The monoisotopic (exact) mass is 326 g/mol. The van der Waals surface area contributed by atoms with Crippen molar-refractivity contribution < 1.29 is 14.0 Å². The van der Waals surface area contributed by atoms with Gasteiger partial charge in [-0.2, -0.15) is 0 Å². The van der Waals surface area contributed by atoms with E-state index in [-0.39, 0.29) is 30.2 Å². The van der Waals surface area contributed by atoms with Gasteiger partial charge in [-0.25, -0.2) is 0 Å². The van der Waals surface area contributed by atoms with Crippen molar-refractivity contribution >= 4 is 11.8 Å². The van der Waals surface area contributed by atoms with Crippen molar-refractivity contribution in [3.63, 3.8) is 0 Å². The van der Waals surface area contributed by atoms with E-state index in [1.165, 1.54) is 0 Å². The van der Waals surface area contributed by atoms with Crippen LogP contribution in [0.2, 0.25) is 0 Å². The summed E-state index contributed by atoms with van der Waals surface area (Å²) >= 11 is 0. The summed E-state index contributed by atoms with van der Waals surface area (Å²) in [5.41, 5.74) is 1.86. The summed E-state index contributed by atoms with van der Waals surface area (Å²) in [6, 6.07) is 11.2. The van der Waals surface area contributed by atoms with Crippen LogP contribution in [0.4, 0.5) is 0 Å². The molecule has 5 nitrogen and oxygen atoms in total. The Hall–Kier alpha value is -2.56. The summed E-state index contributed by atoms with van der Waals surface area (Å²) in [4.78, 5) is 26.9. The maximum atomic E-state index is 13.1. The molecule has 0 saturated carbocycles. The van der Waals surface area contributed by atoms with Crippen LogP contribution >= 0.6 is 0 Å². The van der Waals surface area contributed by atoms with Crippen molar-refractivity contribution in [3.05, 3.63) is 59.5 Å². The molecule has 1 unspecified atom stereocenters. The van der Waals surface area contributed by atoms with Gasteiger partial charge in [-0.3, -0.25) is 9.59 Å². The van der Waals surface area contributed by atoms with Crippen molar-refractivity contribution in [1.29, 1.82) is 0 Å². The summed E-state index contributed by atoms with van der Waals surface area (Å²) in [7, 11) is 0. The molecule has 126 valence electrons. The molecule has 1 N–H and O–H groups in total. The third-order valence-corrected chi connectivity index (χ3v) is 4.39. The lowest BCUT2D eigenvalue weighted by Gasteiger charge is -2.29. The minimum absolute atomic E-state index is 0.0392. The van der Waals surface area contributed by atoms with Crippen LogP contribution < -0.4 is 5.32 Å². The number of carbonyl (C=O) groups excluding carboxylic acids is 2. The van der Waals surface area contributed by atoms with Gasteiger partial charge >= 0.3 is 0 Å². The molecule has 1 fully saturated rings. The van der Waals surface area contributed by atoms with Gasteiger partial charge in [-0.15, -0.1) is 0 Å². The molecule has 0 radical (unpaired) electrons. The first-order chi connectivity index (χ1) is 11.6. The number of benzene rings is 1. The third kappa shape index (κ3) is 3.20. The van der Waals surface area contributed by atoms with Gasteiger partial charge in [-0.1, -0.05) is 44.2 Å². The number of amides is 2. The average molecular weight is 326 g/mol. The Balaban J connectivity index is 1.97. The normalized spacial score (nSPS) is 18.4. The topological polar surface area (TPSA) is 62.6 Å². The zero-order chi connectivity index (χ0) is 17.1. The number of nitrogens with one attached hydrogen (secondary N) is 1. The number of nitrogens with zero attached hydrogens (tertiary/aromatic N) is 1. The lowest BCUT2D eigenvalue weighted by molar-refractivity contribution is -0.121. The smallest absolute Gasteiger partial charge is 0.290 e. The van der Waals surface area contributed by atoms with Crippen molar-refractivity contribution in [3.8, 4) is 0 Å². The van der Waals surface area contributed by atoms with Crippen LogP contribution in [0.5, 0.6) is 0 Å². The second kappa shape index (κ2) is 6.91. The second-order valence-electron chi connectivity index (χ2n) is 6.34. The molecule has 0 spiro atoms. The minimum Gasteiger partial charge on any atom is -0.459 e. The molecule has 1 aliphatic heterocycles. The molecule has 3 rings (SSSR count). The SMILES string of the molecule is CC(C)c1ccoc1C(=O)N1CCNC(=O)CC1c1ccccc1. The highest BCUT2D eigenvalue weighted by molar-refractivity contribution is 5.94. The van der Waals surface area contributed by atoms with Gasteiger partial charge in [0.1, 0.15) is 0 Å². The molecule has 1 saturated heterocycles. The first kappa shape index (κ1) is 16.3. The fourth-order valence-electron chi connectivity index (χ4n) is 3.12. The Morgan fingerprint density at radius 3 is 2.71 bits per heavy atom. The van der Waals surface area contributed by atoms with Crippen LogP contribution in [0.3, 0.4) is 0 Å². The summed E-state index contributed by atoms with van der Waals surface area (Å²) in [6.45, 7) is 4.97. The number of hydrogen-bond donors (Lipinski definition) is 1. The van der Waals surface area contributed by atoms with E-state index in [0.717, 1.165) is 11.1 Å². The van der Waals surface area contributed by atoms with E-state index in [4.69, 9.17) is 4.42 Å². The molecule has 1 aromatic heterocycles. The molecule has 24 heavy (non-hydrogen) atoms. The van der Waals surface area contributed by atoms with Gasteiger partial charge in [0.05, 0.1) is 18.7 Å². The first-order valence-corrected chi connectivity index (χ1v) is 8.28. The molecule has 0 aliphatic carbocycles. The van der Waals surface area contributed by atoms with Crippen LogP contribution in [0.1, 0.15) is 53.9 Å². The molecule has 2 heterocycles. The molecule has 1 atom stereocenters. The maximum Gasteiger partial charge on any atom is 0.290 e. The van der Waals surface area contributed by atoms with E-state index in [1.54, 1.807) is 11.2 Å². The predicted octanol–water partition coefficient (Wildman–Crippen LogP) is 3.11. The number of furan rings is 1. The van der Waals surface area contributed by atoms with Gasteiger partial charge in [0.15, 0.2) is 5.76 Å². The Kier molecular flexibility index (Phi) is 4.69. The third-order valence-electron chi connectivity index (χ3n) is 4.39. The zero-order valence-electron chi connectivity index (χ0n) is 14.0. The Morgan fingerprint density at radius 1 is 1.25 bits per heavy atom. The standard InChI is InChI=1S/C19H22N2O3/c1-13(2)15-8-11-24-18(15)19(23)21-10-9-20-17(22)12-16(21)14-6-4-3-5-7-14/h3-8,11,13,16H,9-10,12H2,1-2H3,(H,20,22). The highest BCUT2D eigenvalue weighted by Crippen LogP contribution is 2.29. The van der Waals surface area contributed by atoms with Crippen LogP contribution in [0.15, 0.2) is 47.1 Å². The quantitative estimate of drug-likeness (QED) is 0.942. The van der Waals surface area contributed by atoms with Crippen molar-refractivity contribution in [2.75, 3.05) is 13.1 Å². The molecule has 2 amide bonds. The van der Waals surface area contributed by atoms with E-state index in [1.807, 2.05) is 50.2 Å². The zero-order valence-corrected chi connectivity index (χ0v) is 14.0. The van der Waals surface area contributed by atoms with Gasteiger partial charge in [-0.05, 0) is 17.5 Å². The molecule has 1 aliphatic rings. The van der Waals surface area contributed by atoms with E-state index < -0.39 is 0 Å². The maximum absolute atomic E-state index is 13.1. The van der Waals surface area contributed by atoms with Crippen molar-refractivity contribution in [2.24, 2.45) is 0 Å². The summed E-state index contributed by atoms with van der Waals surface area (Å²) in [5.74, 6) is 0.377. The number of hydrogen-bond acceptors (Lipinski definition) is 3. The summed E-state index contributed by atoms with van der Waals surface area (Å²) in [6.07, 6.45) is 1.81. The molecule has 5 heteroatoms. The highest BCUT2D eigenvalue weighted by atomic mass is 16.3. The lowest BCUT2D eigenvalue weighted by atomic mass is 10.00. The Morgan fingerprint density at radius 2 is 2.00 bits per heavy atom. The van der Waals surface area contributed by atoms with Crippen LogP contribution in [0, 0.1) is 0 Å². The van der Waals surface area contributed by atoms with E-state index >= 15 is 0 Å². The summed E-state index contributed by atoms with van der Waals surface area (Å²) < 4.78 is 5.50. The van der Waals surface area contributed by atoms with Gasteiger partial charge < -0.3 is 14.6 Å². The molecule has 1 aromatic carbocycles. The molecule has 0 bridgehead atoms. The van der Waals surface area contributed by atoms with Gasteiger partial charge in [0.2, 0.25) is 5.91 Å². The Bertz CT molecular complexity index is 721. The fourth-order valence-corrected chi connectivity index (χ4v) is 3.12.